The maximum atomic E-state index is 13.3. The van der Waals surface area contributed by atoms with E-state index in [2.05, 4.69) is 25.9 Å². The van der Waals surface area contributed by atoms with E-state index >= 15 is 0 Å². The molecule has 0 spiro atoms. The first-order valence-corrected chi connectivity index (χ1v) is 13.1. The predicted octanol–water partition coefficient (Wildman–Crippen LogP) is 1.85. The number of carbonyl (C=O) groups is 4. The topological polar surface area (TPSA) is 184 Å². The maximum Gasteiger partial charge on any atom is 0.309 e. The van der Waals surface area contributed by atoms with Crippen LogP contribution in [0.25, 0.3) is 5.78 Å². The molecule has 0 atom stereocenters. The Morgan fingerprint density at radius 1 is 1.02 bits per heavy atom. The second-order valence-electron chi connectivity index (χ2n) is 10.9. The largest absolute Gasteiger partial charge is 0.492 e. The monoisotopic (exact) mass is 548 g/mol. The highest BCUT2D eigenvalue weighted by Gasteiger charge is 2.52. The molecule has 5 N–H and O–H groups in total. The van der Waals surface area contributed by atoms with Crippen LogP contribution in [0.3, 0.4) is 0 Å². The summed E-state index contributed by atoms with van der Waals surface area (Å²) in [4.78, 5) is 57.8. The number of hydrogen-bond donors (Lipinski definition) is 5. The molecule has 2 bridgehead atoms. The summed E-state index contributed by atoms with van der Waals surface area (Å²) >= 11 is 0. The molecule has 208 valence electrons. The molecule has 0 radical (unpaired) electrons. The summed E-state index contributed by atoms with van der Waals surface area (Å²) < 4.78 is 6.67. The van der Waals surface area contributed by atoms with Gasteiger partial charge in [-0.05, 0) is 67.7 Å². The fourth-order valence-corrected chi connectivity index (χ4v) is 5.97. The van der Waals surface area contributed by atoms with E-state index < -0.39 is 23.2 Å². The second-order valence-corrected chi connectivity index (χ2v) is 10.9. The summed E-state index contributed by atoms with van der Waals surface area (Å²) in [5.41, 5.74) is 0.452. The van der Waals surface area contributed by atoms with E-state index in [1.165, 1.54) is 16.7 Å². The molecule has 4 aliphatic rings. The Morgan fingerprint density at radius 3 is 2.50 bits per heavy atom. The number of carboxylic acid groups (broad SMARTS) is 1. The first-order valence-electron chi connectivity index (χ1n) is 13.1. The molecule has 3 heterocycles. The highest BCUT2D eigenvalue weighted by molar-refractivity contribution is 5.98. The second kappa shape index (κ2) is 9.50. The van der Waals surface area contributed by atoms with Gasteiger partial charge in [-0.3, -0.25) is 23.6 Å². The van der Waals surface area contributed by atoms with E-state index in [0.717, 1.165) is 19.3 Å². The Morgan fingerprint density at radius 2 is 1.77 bits per heavy atom. The predicted molar refractivity (Wildman–Crippen MR) is 139 cm³/mol. The number of ether oxygens (including phenoxy) is 1. The standard InChI is InChI=1S/C27H28N6O7/c34-20-12-33-18(23(37)29-14-26-3-6-27(7-4-26,8-5-26)24(38)39)10-17(31-25(33)32-20)22(36)28-11-15-1-2-19-16(9-15)30-21(35)13-40-19/h1-2,9-10,12,34H,3-8,11,13-14H2,(H,28,36)(H,29,37)(H,30,35)(H,38,39). The van der Waals surface area contributed by atoms with Crippen LogP contribution in [0.1, 0.15) is 65.1 Å². The number of carboxylic acids is 1. The number of benzene rings is 1. The van der Waals surface area contributed by atoms with Crippen molar-refractivity contribution >= 4 is 35.2 Å². The fourth-order valence-electron chi connectivity index (χ4n) is 5.97. The molecule has 13 nitrogen and oxygen atoms in total. The number of hydrogen-bond acceptors (Lipinski definition) is 8. The van der Waals surface area contributed by atoms with Crippen LogP contribution in [0.15, 0.2) is 30.5 Å². The van der Waals surface area contributed by atoms with E-state index in [4.69, 9.17) is 4.74 Å². The zero-order valence-corrected chi connectivity index (χ0v) is 21.5. The Hall–Kier alpha value is -4.68. The number of amides is 3. The minimum Gasteiger partial charge on any atom is -0.492 e. The van der Waals surface area contributed by atoms with Crippen molar-refractivity contribution < 1.29 is 34.1 Å². The van der Waals surface area contributed by atoms with Crippen molar-refractivity contribution in [1.82, 2.24) is 25.0 Å². The van der Waals surface area contributed by atoms with E-state index in [-0.39, 0.29) is 47.5 Å². The molecule has 1 aliphatic heterocycles. The van der Waals surface area contributed by atoms with Crippen LogP contribution in [-0.2, 0) is 16.1 Å². The molecule has 0 saturated heterocycles. The minimum absolute atomic E-state index is 0.0105. The first kappa shape index (κ1) is 25.6. The number of carbonyl (C=O) groups excluding carboxylic acids is 3. The lowest BCUT2D eigenvalue weighted by atomic mass is 9.53. The van der Waals surface area contributed by atoms with Crippen molar-refractivity contribution in [3.8, 4) is 11.6 Å². The molecule has 3 amide bonds. The van der Waals surface area contributed by atoms with E-state index in [1.54, 1.807) is 18.2 Å². The lowest BCUT2D eigenvalue weighted by molar-refractivity contribution is -0.158. The molecule has 3 aromatic rings. The van der Waals surface area contributed by atoms with Crippen molar-refractivity contribution in [2.45, 2.75) is 45.1 Å². The van der Waals surface area contributed by atoms with Gasteiger partial charge in [0.2, 0.25) is 11.7 Å². The fraction of sp³-hybridized carbons (Fsp3) is 0.407. The molecular formula is C27H28N6O7. The lowest BCUT2D eigenvalue weighted by Crippen LogP contribution is -2.50. The van der Waals surface area contributed by atoms with Crippen molar-refractivity contribution in [1.29, 1.82) is 0 Å². The Kier molecular flexibility index (Phi) is 6.08. The third-order valence-corrected chi connectivity index (χ3v) is 8.50. The van der Waals surface area contributed by atoms with Gasteiger partial charge in [-0.2, -0.15) is 4.98 Å². The Bertz CT molecular complexity index is 1540. The number of aliphatic carboxylic acids is 1. The molecule has 7 rings (SSSR count). The Labute approximate surface area is 228 Å². The van der Waals surface area contributed by atoms with Crippen molar-refractivity contribution in [3.63, 3.8) is 0 Å². The molecule has 40 heavy (non-hydrogen) atoms. The Balaban J connectivity index is 1.16. The maximum absolute atomic E-state index is 13.3. The molecular weight excluding hydrogens is 520 g/mol. The quantitative estimate of drug-likeness (QED) is 0.294. The number of imidazole rings is 1. The van der Waals surface area contributed by atoms with Gasteiger partial charge in [-0.15, -0.1) is 0 Å². The van der Waals surface area contributed by atoms with Gasteiger partial charge < -0.3 is 30.9 Å². The summed E-state index contributed by atoms with van der Waals surface area (Å²) in [7, 11) is 0. The minimum atomic E-state index is -0.734. The molecule has 1 aromatic carbocycles. The van der Waals surface area contributed by atoms with Gasteiger partial charge in [0.25, 0.3) is 17.7 Å². The number of rotatable bonds is 7. The lowest BCUT2D eigenvalue weighted by Gasteiger charge is -2.51. The number of nitrogens with one attached hydrogen (secondary N) is 3. The molecule has 2 aromatic heterocycles. The van der Waals surface area contributed by atoms with E-state index in [1.807, 2.05) is 0 Å². The van der Waals surface area contributed by atoms with Crippen LogP contribution in [-0.4, -0.2) is 61.4 Å². The number of anilines is 1. The molecule has 3 saturated carbocycles. The summed E-state index contributed by atoms with van der Waals surface area (Å²) in [6.45, 7) is 0.450. The summed E-state index contributed by atoms with van der Waals surface area (Å²) in [5, 5.41) is 28.0. The van der Waals surface area contributed by atoms with Crippen molar-refractivity contribution in [2.24, 2.45) is 10.8 Å². The SMILES string of the molecule is O=C1COc2ccc(CNC(=O)c3cc(C(=O)NCC45CCC(C(=O)O)(CC4)CC5)n4cc(O)nc4n3)cc2N1. The third-order valence-electron chi connectivity index (χ3n) is 8.50. The average molecular weight is 549 g/mol. The van der Waals surface area contributed by atoms with E-state index in [0.29, 0.717) is 42.8 Å². The first-order chi connectivity index (χ1) is 19.2. The summed E-state index contributed by atoms with van der Waals surface area (Å²) in [6.07, 6.45) is 5.22. The molecule has 3 fully saturated rings. The van der Waals surface area contributed by atoms with Crippen LogP contribution >= 0.6 is 0 Å². The summed E-state index contributed by atoms with van der Waals surface area (Å²) in [6, 6.07) is 6.51. The zero-order valence-electron chi connectivity index (χ0n) is 21.5. The summed E-state index contributed by atoms with van der Waals surface area (Å²) in [5.74, 6) is -1.83. The molecule has 3 aliphatic carbocycles. The number of nitrogens with zero attached hydrogens (tertiary/aromatic N) is 3. The highest BCUT2D eigenvalue weighted by Crippen LogP contribution is 2.56. The zero-order chi connectivity index (χ0) is 28.1. The van der Waals surface area contributed by atoms with E-state index in [9.17, 15) is 29.4 Å². The van der Waals surface area contributed by atoms with Crippen LogP contribution in [0.5, 0.6) is 11.6 Å². The average Bonchev–Trinajstić information content (AvgIpc) is 3.34. The van der Waals surface area contributed by atoms with Crippen LogP contribution in [0, 0.1) is 10.8 Å². The van der Waals surface area contributed by atoms with Gasteiger partial charge in [-0.1, -0.05) is 6.07 Å². The number of fused-ring (bicyclic) bond motifs is 5. The van der Waals surface area contributed by atoms with Gasteiger partial charge >= 0.3 is 5.97 Å². The van der Waals surface area contributed by atoms with Crippen molar-refractivity contribution in [2.75, 3.05) is 18.5 Å². The smallest absolute Gasteiger partial charge is 0.309 e. The van der Waals surface area contributed by atoms with Gasteiger partial charge in [-0.25, -0.2) is 4.98 Å². The molecule has 0 unspecified atom stereocenters. The van der Waals surface area contributed by atoms with Gasteiger partial charge in [0.1, 0.15) is 17.1 Å². The third kappa shape index (κ3) is 4.56. The van der Waals surface area contributed by atoms with Crippen LogP contribution < -0.4 is 20.7 Å². The van der Waals surface area contributed by atoms with Crippen LogP contribution in [0.4, 0.5) is 5.69 Å². The number of aromatic nitrogens is 3. The van der Waals surface area contributed by atoms with Crippen molar-refractivity contribution in [3.05, 3.63) is 47.4 Å². The normalized spacial score (nSPS) is 23.1. The molecule has 13 heteroatoms. The number of aromatic hydroxyl groups is 1. The van der Waals surface area contributed by atoms with Gasteiger partial charge in [0, 0.05) is 13.1 Å². The van der Waals surface area contributed by atoms with Crippen LogP contribution in [0.2, 0.25) is 0 Å². The highest BCUT2D eigenvalue weighted by atomic mass is 16.5. The van der Waals surface area contributed by atoms with Gasteiger partial charge in [0.15, 0.2) is 6.61 Å². The van der Waals surface area contributed by atoms with Gasteiger partial charge in [0.05, 0.1) is 17.3 Å².